The van der Waals surface area contributed by atoms with Crippen molar-refractivity contribution < 1.29 is 9.52 Å². The summed E-state index contributed by atoms with van der Waals surface area (Å²) >= 11 is 0. The highest BCUT2D eigenvalue weighted by molar-refractivity contribution is 5.20. The largest absolute Gasteiger partial charge is 0.467 e. The molecule has 1 heterocycles. The van der Waals surface area contributed by atoms with Gasteiger partial charge in [0.05, 0.1) is 6.26 Å². The van der Waals surface area contributed by atoms with Gasteiger partial charge < -0.3 is 14.8 Å². The number of nitrogens with one attached hydrogen (secondary N) is 1. The molecule has 1 aromatic heterocycles. The van der Waals surface area contributed by atoms with Crippen LogP contribution in [-0.2, 0) is 0 Å². The predicted molar refractivity (Wildman–Crippen MR) is 76.0 cm³/mol. The van der Waals surface area contributed by atoms with Gasteiger partial charge in [-0.1, -0.05) is 37.3 Å². The van der Waals surface area contributed by atoms with Crippen LogP contribution in [0.15, 0.2) is 53.1 Å². The first-order valence-electron chi connectivity index (χ1n) is 6.68. The lowest BCUT2D eigenvalue weighted by molar-refractivity contribution is 0.143. The lowest BCUT2D eigenvalue weighted by Crippen LogP contribution is -2.34. The molecule has 2 aromatic rings. The Morgan fingerprint density at radius 1 is 1.11 bits per heavy atom. The van der Waals surface area contributed by atoms with Crippen LogP contribution in [0.1, 0.15) is 37.2 Å². The van der Waals surface area contributed by atoms with Gasteiger partial charge in [0.25, 0.3) is 0 Å². The van der Waals surface area contributed by atoms with E-state index in [0.29, 0.717) is 18.2 Å². The molecule has 19 heavy (non-hydrogen) atoms. The minimum absolute atomic E-state index is 0.284. The summed E-state index contributed by atoms with van der Waals surface area (Å²) in [5, 5.41) is 13.3. The van der Waals surface area contributed by atoms with E-state index in [1.807, 2.05) is 6.07 Å². The number of hydrogen-bond donors (Lipinski definition) is 2. The van der Waals surface area contributed by atoms with Crippen LogP contribution in [0.3, 0.4) is 0 Å². The topological polar surface area (TPSA) is 45.4 Å². The molecule has 0 saturated heterocycles. The molecule has 3 nitrogen and oxygen atoms in total. The van der Waals surface area contributed by atoms with Gasteiger partial charge in [-0.05, 0) is 30.5 Å². The summed E-state index contributed by atoms with van der Waals surface area (Å²) in [6.07, 6.45) is 0.981. The van der Waals surface area contributed by atoms with Crippen LogP contribution in [0.25, 0.3) is 0 Å². The molecule has 0 aliphatic heterocycles. The van der Waals surface area contributed by atoms with Crippen molar-refractivity contribution in [3.05, 3.63) is 60.1 Å². The Labute approximate surface area is 114 Å². The van der Waals surface area contributed by atoms with E-state index >= 15 is 0 Å². The third kappa shape index (κ3) is 3.69. The summed E-state index contributed by atoms with van der Waals surface area (Å²) in [7, 11) is 0. The molecule has 0 amide bonds. The van der Waals surface area contributed by atoms with E-state index in [1.54, 1.807) is 18.4 Å². The van der Waals surface area contributed by atoms with Gasteiger partial charge in [-0.25, -0.2) is 0 Å². The van der Waals surface area contributed by atoms with Crippen molar-refractivity contribution in [2.75, 3.05) is 6.54 Å². The average molecular weight is 259 g/mol. The third-order valence-corrected chi connectivity index (χ3v) is 3.58. The molecule has 0 aliphatic carbocycles. The van der Waals surface area contributed by atoms with Crippen molar-refractivity contribution >= 4 is 0 Å². The number of aliphatic hydroxyl groups is 1. The molecule has 3 atom stereocenters. The molecular weight excluding hydrogens is 238 g/mol. The van der Waals surface area contributed by atoms with Gasteiger partial charge >= 0.3 is 0 Å². The third-order valence-electron chi connectivity index (χ3n) is 3.58. The normalized spacial score (nSPS) is 15.9. The zero-order valence-corrected chi connectivity index (χ0v) is 11.4. The van der Waals surface area contributed by atoms with E-state index < -0.39 is 6.10 Å². The van der Waals surface area contributed by atoms with Crippen LogP contribution >= 0.6 is 0 Å². The molecule has 3 unspecified atom stereocenters. The van der Waals surface area contributed by atoms with Gasteiger partial charge in [-0.2, -0.15) is 0 Å². The molecular formula is C16H21NO2. The number of benzene rings is 1. The first-order chi connectivity index (χ1) is 9.18. The fourth-order valence-electron chi connectivity index (χ4n) is 2.10. The Bertz CT molecular complexity index is 467. The molecule has 0 aliphatic rings. The highest BCUT2D eigenvalue weighted by Gasteiger charge is 2.16. The summed E-state index contributed by atoms with van der Waals surface area (Å²) in [5.74, 6) is 0.997. The first-order valence-corrected chi connectivity index (χ1v) is 6.68. The van der Waals surface area contributed by atoms with Gasteiger partial charge in [-0.3, -0.25) is 0 Å². The van der Waals surface area contributed by atoms with Gasteiger partial charge in [0.2, 0.25) is 0 Å². The molecule has 3 heteroatoms. The lowest BCUT2D eigenvalue weighted by atomic mass is 9.94. The maximum absolute atomic E-state index is 9.95. The van der Waals surface area contributed by atoms with Crippen LogP contribution in [0, 0.1) is 0 Å². The van der Waals surface area contributed by atoms with Crippen molar-refractivity contribution in [2.24, 2.45) is 0 Å². The Kier molecular flexibility index (Phi) is 4.77. The predicted octanol–water partition coefficient (Wildman–Crippen LogP) is 3.09. The van der Waals surface area contributed by atoms with Crippen LogP contribution in [0.4, 0.5) is 0 Å². The van der Waals surface area contributed by atoms with E-state index in [4.69, 9.17) is 4.42 Å². The SMILES string of the molecule is CC(NCC(O)c1ccco1)C(C)c1ccccc1. The molecule has 1 aromatic carbocycles. The van der Waals surface area contributed by atoms with Crippen LogP contribution < -0.4 is 5.32 Å². The maximum Gasteiger partial charge on any atom is 0.133 e. The zero-order chi connectivity index (χ0) is 13.7. The first kappa shape index (κ1) is 13.8. The van der Waals surface area contributed by atoms with Gasteiger partial charge in [0.1, 0.15) is 11.9 Å². The molecule has 0 fully saturated rings. The summed E-state index contributed by atoms with van der Waals surface area (Å²) in [6.45, 7) is 4.81. The highest BCUT2D eigenvalue weighted by Crippen LogP contribution is 2.19. The maximum atomic E-state index is 9.95. The van der Waals surface area contributed by atoms with Crippen molar-refractivity contribution in [1.29, 1.82) is 0 Å². The summed E-state index contributed by atoms with van der Waals surface area (Å²) in [6, 6.07) is 14.2. The summed E-state index contributed by atoms with van der Waals surface area (Å²) in [5.41, 5.74) is 1.30. The molecule has 2 rings (SSSR count). The van der Waals surface area contributed by atoms with Crippen molar-refractivity contribution in [1.82, 2.24) is 5.32 Å². The monoisotopic (exact) mass is 259 g/mol. The second-order valence-corrected chi connectivity index (χ2v) is 4.93. The number of rotatable bonds is 6. The molecule has 0 radical (unpaired) electrons. The lowest BCUT2D eigenvalue weighted by Gasteiger charge is -2.23. The number of aliphatic hydroxyl groups excluding tert-OH is 1. The Hall–Kier alpha value is -1.58. The van der Waals surface area contributed by atoms with Crippen molar-refractivity contribution in [3.8, 4) is 0 Å². The highest BCUT2D eigenvalue weighted by atomic mass is 16.4. The fraction of sp³-hybridized carbons (Fsp3) is 0.375. The Balaban J connectivity index is 1.86. The van der Waals surface area contributed by atoms with Crippen LogP contribution in [0.2, 0.25) is 0 Å². The number of furan rings is 1. The van der Waals surface area contributed by atoms with Crippen LogP contribution in [-0.4, -0.2) is 17.7 Å². The van der Waals surface area contributed by atoms with E-state index in [2.05, 4.69) is 43.4 Å². The molecule has 0 bridgehead atoms. The smallest absolute Gasteiger partial charge is 0.133 e. The van der Waals surface area contributed by atoms with E-state index in [0.717, 1.165) is 0 Å². The van der Waals surface area contributed by atoms with E-state index in [1.165, 1.54) is 5.56 Å². The van der Waals surface area contributed by atoms with Crippen LogP contribution in [0.5, 0.6) is 0 Å². The van der Waals surface area contributed by atoms with Gasteiger partial charge in [0.15, 0.2) is 0 Å². The zero-order valence-electron chi connectivity index (χ0n) is 11.4. The Morgan fingerprint density at radius 2 is 1.84 bits per heavy atom. The van der Waals surface area contributed by atoms with Gasteiger partial charge in [-0.15, -0.1) is 0 Å². The quantitative estimate of drug-likeness (QED) is 0.838. The van der Waals surface area contributed by atoms with E-state index in [9.17, 15) is 5.11 Å². The second kappa shape index (κ2) is 6.55. The van der Waals surface area contributed by atoms with Gasteiger partial charge in [0, 0.05) is 12.6 Å². The van der Waals surface area contributed by atoms with Crippen molar-refractivity contribution in [3.63, 3.8) is 0 Å². The molecule has 102 valence electrons. The minimum atomic E-state index is -0.597. The average Bonchev–Trinajstić information content (AvgIpc) is 2.98. The molecule has 2 N–H and O–H groups in total. The Morgan fingerprint density at radius 3 is 2.47 bits per heavy atom. The summed E-state index contributed by atoms with van der Waals surface area (Å²) < 4.78 is 5.18. The fourth-order valence-corrected chi connectivity index (χ4v) is 2.10. The number of hydrogen-bond acceptors (Lipinski definition) is 3. The minimum Gasteiger partial charge on any atom is -0.467 e. The van der Waals surface area contributed by atoms with E-state index in [-0.39, 0.29) is 6.04 Å². The standard InChI is InChI=1S/C16H21NO2/c1-12(14-7-4-3-5-8-14)13(2)17-11-15(18)16-9-6-10-19-16/h3-10,12-13,15,17-18H,11H2,1-2H3. The molecule has 0 saturated carbocycles. The van der Waals surface area contributed by atoms with Crippen molar-refractivity contribution in [2.45, 2.75) is 31.9 Å². The summed E-state index contributed by atoms with van der Waals surface area (Å²) in [4.78, 5) is 0. The molecule has 0 spiro atoms. The second-order valence-electron chi connectivity index (χ2n) is 4.93.